The fourth-order valence-electron chi connectivity index (χ4n) is 1.75. The van der Waals surface area contributed by atoms with Crippen LogP contribution in [-0.2, 0) is 13.1 Å². The van der Waals surface area contributed by atoms with Crippen LogP contribution in [-0.4, -0.2) is 23.2 Å². The van der Waals surface area contributed by atoms with Crippen LogP contribution in [0.3, 0.4) is 0 Å². The second-order valence-corrected chi connectivity index (χ2v) is 4.31. The summed E-state index contributed by atoms with van der Waals surface area (Å²) in [6.07, 6.45) is 1.76. The molecule has 5 nitrogen and oxygen atoms in total. The molecule has 1 heterocycles. The lowest BCUT2D eigenvalue weighted by Crippen LogP contribution is -2.13. The predicted molar refractivity (Wildman–Crippen MR) is 74.7 cm³/mol. The van der Waals surface area contributed by atoms with Gasteiger partial charge in [-0.25, -0.2) is 9.78 Å². The number of ether oxygens (including phenoxy) is 1. The molecular weight excluding hydrogens is 256 g/mol. The SMILES string of the molecule is COc1ccc(CNCc2ccc(C(=O)O)cc2)cn1. The maximum atomic E-state index is 10.7. The van der Waals surface area contributed by atoms with Gasteiger partial charge in [0.05, 0.1) is 12.7 Å². The predicted octanol–water partition coefficient (Wildman–Crippen LogP) is 2.08. The zero-order valence-electron chi connectivity index (χ0n) is 11.2. The number of nitrogens with zero attached hydrogens (tertiary/aromatic N) is 1. The fourth-order valence-corrected chi connectivity index (χ4v) is 1.75. The largest absolute Gasteiger partial charge is 0.481 e. The molecule has 0 saturated heterocycles. The molecule has 0 amide bonds. The summed E-state index contributed by atoms with van der Waals surface area (Å²) in [5.41, 5.74) is 2.40. The van der Waals surface area contributed by atoms with Gasteiger partial charge >= 0.3 is 5.97 Å². The van der Waals surface area contributed by atoms with E-state index in [2.05, 4.69) is 10.3 Å². The molecule has 0 bridgehead atoms. The minimum atomic E-state index is -0.909. The van der Waals surface area contributed by atoms with Crippen LogP contribution in [0.2, 0.25) is 0 Å². The topological polar surface area (TPSA) is 71.5 Å². The lowest BCUT2D eigenvalue weighted by molar-refractivity contribution is 0.0697. The molecule has 2 aromatic rings. The van der Waals surface area contributed by atoms with Gasteiger partial charge in [0.2, 0.25) is 5.88 Å². The lowest BCUT2D eigenvalue weighted by atomic mass is 10.1. The molecule has 20 heavy (non-hydrogen) atoms. The molecule has 0 aliphatic rings. The van der Waals surface area contributed by atoms with Gasteiger partial charge in [0, 0.05) is 25.4 Å². The summed E-state index contributed by atoms with van der Waals surface area (Å²) >= 11 is 0. The van der Waals surface area contributed by atoms with Crippen LogP contribution in [0.25, 0.3) is 0 Å². The molecule has 1 aromatic carbocycles. The smallest absolute Gasteiger partial charge is 0.335 e. The number of carboxylic acids is 1. The molecule has 0 aliphatic heterocycles. The number of hydrogen-bond acceptors (Lipinski definition) is 4. The van der Waals surface area contributed by atoms with Crippen molar-refractivity contribution in [1.29, 1.82) is 0 Å². The summed E-state index contributed by atoms with van der Waals surface area (Å²) in [7, 11) is 1.58. The third kappa shape index (κ3) is 3.80. The highest BCUT2D eigenvalue weighted by Gasteiger charge is 2.01. The van der Waals surface area contributed by atoms with Crippen LogP contribution < -0.4 is 10.1 Å². The summed E-state index contributed by atoms with van der Waals surface area (Å²) in [5, 5.41) is 12.1. The van der Waals surface area contributed by atoms with E-state index in [0.29, 0.717) is 24.5 Å². The molecule has 104 valence electrons. The third-order valence-corrected chi connectivity index (χ3v) is 2.87. The van der Waals surface area contributed by atoms with Crippen LogP contribution >= 0.6 is 0 Å². The zero-order valence-corrected chi connectivity index (χ0v) is 11.2. The molecule has 2 rings (SSSR count). The van der Waals surface area contributed by atoms with E-state index in [9.17, 15) is 4.79 Å². The Morgan fingerprint density at radius 3 is 2.35 bits per heavy atom. The third-order valence-electron chi connectivity index (χ3n) is 2.87. The number of carbonyl (C=O) groups is 1. The number of pyridine rings is 1. The zero-order chi connectivity index (χ0) is 14.4. The van der Waals surface area contributed by atoms with Crippen LogP contribution in [0.4, 0.5) is 0 Å². The van der Waals surface area contributed by atoms with E-state index in [1.807, 2.05) is 24.3 Å². The van der Waals surface area contributed by atoms with E-state index < -0.39 is 5.97 Å². The van der Waals surface area contributed by atoms with Crippen molar-refractivity contribution < 1.29 is 14.6 Å². The van der Waals surface area contributed by atoms with Crippen LogP contribution in [0.1, 0.15) is 21.5 Å². The highest BCUT2D eigenvalue weighted by atomic mass is 16.5. The van der Waals surface area contributed by atoms with Gasteiger partial charge in [0.1, 0.15) is 0 Å². The number of hydrogen-bond donors (Lipinski definition) is 2. The van der Waals surface area contributed by atoms with Crippen molar-refractivity contribution in [2.45, 2.75) is 13.1 Å². The first kappa shape index (κ1) is 14.0. The summed E-state index contributed by atoms with van der Waals surface area (Å²) in [6.45, 7) is 1.36. The standard InChI is InChI=1S/C15H16N2O3/c1-20-14-7-4-12(10-17-14)9-16-8-11-2-5-13(6-3-11)15(18)19/h2-7,10,16H,8-9H2,1H3,(H,18,19). The van der Waals surface area contributed by atoms with Gasteiger partial charge in [-0.1, -0.05) is 18.2 Å². The Balaban J connectivity index is 1.84. The van der Waals surface area contributed by atoms with Gasteiger partial charge in [-0.15, -0.1) is 0 Å². The van der Waals surface area contributed by atoms with E-state index in [1.54, 1.807) is 25.4 Å². The van der Waals surface area contributed by atoms with E-state index in [1.165, 1.54) is 0 Å². The molecule has 1 aromatic heterocycles. The van der Waals surface area contributed by atoms with Gasteiger partial charge in [0.15, 0.2) is 0 Å². The van der Waals surface area contributed by atoms with Crippen molar-refractivity contribution in [1.82, 2.24) is 10.3 Å². The second-order valence-electron chi connectivity index (χ2n) is 4.31. The molecule has 0 spiro atoms. The summed E-state index contributed by atoms with van der Waals surface area (Å²) in [6, 6.07) is 10.6. The molecule has 0 saturated carbocycles. The van der Waals surface area contributed by atoms with E-state index in [-0.39, 0.29) is 0 Å². The normalized spacial score (nSPS) is 10.2. The van der Waals surface area contributed by atoms with Crippen LogP contribution in [0.5, 0.6) is 5.88 Å². The Kier molecular flexibility index (Phi) is 4.68. The minimum Gasteiger partial charge on any atom is -0.481 e. The molecule has 0 unspecified atom stereocenters. The number of methoxy groups -OCH3 is 1. The quantitative estimate of drug-likeness (QED) is 0.842. The first-order valence-corrected chi connectivity index (χ1v) is 6.21. The maximum Gasteiger partial charge on any atom is 0.335 e. The monoisotopic (exact) mass is 272 g/mol. The molecule has 0 atom stereocenters. The molecule has 5 heteroatoms. The van der Waals surface area contributed by atoms with Gasteiger partial charge in [-0.05, 0) is 23.3 Å². The number of carboxylic acid groups (broad SMARTS) is 1. The van der Waals surface area contributed by atoms with Crippen molar-refractivity contribution in [2.75, 3.05) is 7.11 Å². The van der Waals surface area contributed by atoms with E-state index >= 15 is 0 Å². The summed E-state index contributed by atoms with van der Waals surface area (Å²) in [5.74, 6) is -0.313. The summed E-state index contributed by atoms with van der Waals surface area (Å²) in [4.78, 5) is 14.9. The molecule has 0 radical (unpaired) electrons. The second kappa shape index (κ2) is 6.68. The van der Waals surface area contributed by atoms with Crippen LogP contribution in [0, 0.1) is 0 Å². The van der Waals surface area contributed by atoms with Crippen molar-refractivity contribution in [3.05, 3.63) is 59.3 Å². The van der Waals surface area contributed by atoms with Gasteiger partial charge in [-0.3, -0.25) is 0 Å². The number of aromatic carboxylic acids is 1. The Bertz CT molecular complexity index is 565. The Hall–Kier alpha value is -2.40. The Morgan fingerprint density at radius 2 is 1.80 bits per heavy atom. The van der Waals surface area contributed by atoms with Crippen LogP contribution in [0.15, 0.2) is 42.6 Å². The molecular formula is C15H16N2O3. The Labute approximate surface area is 117 Å². The van der Waals surface area contributed by atoms with Crippen molar-refractivity contribution in [2.24, 2.45) is 0 Å². The maximum absolute atomic E-state index is 10.7. The fraction of sp³-hybridized carbons (Fsp3) is 0.200. The Morgan fingerprint density at radius 1 is 1.15 bits per heavy atom. The van der Waals surface area contributed by atoms with Gasteiger partial charge in [-0.2, -0.15) is 0 Å². The molecule has 2 N–H and O–H groups in total. The number of benzene rings is 1. The van der Waals surface area contributed by atoms with Crippen molar-refractivity contribution in [3.63, 3.8) is 0 Å². The number of nitrogens with one attached hydrogen (secondary N) is 1. The molecule has 0 fully saturated rings. The highest BCUT2D eigenvalue weighted by molar-refractivity contribution is 5.87. The average Bonchev–Trinajstić information content (AvgIpc) is 2.48. The first-order valence-electron chi connectivity index (χ1n) is 6.21. The number of rotatable bonds is 6. The average molecular weight is 272 g/mol. The lowest BCUT2D eigenvalue weighted by Gasteiger charge is -2.06. The van der Waals surface area contributed by atoms with Gasteiger partial charge in [0.25, 0.3) is 0 Å². The summed E-state index contributed by atoms with van der Waals surface area (Å²) < 4.78 is 4.99. The minimum absolute atomic E-state index is 0.299. The van der Waals surface area contributed by atoms with E-state index in [4.69, 9.17) is 9.84 Å². The first-order chi connectivity index (χ1) is 9.69. The van der Waals surface area contributed by atoms with Crippen molar-refractivity contribution in [3.8, 4) is 5.88 Å². The van der Waals surface area contributed by atoms with Crippen molar-refractivity contribution >= 4 is 5.97 Å². The van der Waals surface area contributed by atoms with E-state index in [0.717, 1.165) is 11.1 Å². The molecule has 0 aliphatic carbocycles. The number of aromatic nitrogens is 1. The van der Waals surface area contributed by atoms with Gasteiger partial charge < -0.3 is 15.2 Å². The highest BCUT2D eigenvalue weighted by Crippen LogP contribution is 2.07.